The molecule has 1 aromatic carbocycles. The maximum absolute atomic E-state index is 14.8. The first-order valence-corrected chi connectivity index (χ1v) is 17.1. The Kier molecular flexibility index (Phi) is 10.9. The van der Waals surface area contributed by atoms with E-state index in [1.807, 2.05) is 49.9 Å². The van der Waals surface area contributed by atoms with E-state index in [2.05, 4.69) is 27.0 Å². The van der Waals surface area contributed by atoms with Crippen LogP contribution in [-0.4, -0.2) is 87.1 Å². The Labute approximate surface area is 267 Å². The Morgan fingerprint density at radius 3 is 2.39 bits per heavy atom. The summed E-state index contributed by atoms with van der Waals surface area (Å²) in [6, 6.07) is 6.15. The molecule has 0 saturated carbocycles. The number of nitrogens with zero attached hydrogens (tertiary/aromatic N) is 3. The molecule has 3 aliphatic rings. The number of thioether (sulfide) groups is 1. The molecule has 7 atom stereocenters. The highest BCUT2D eigenvalue weighted by Crippen LogP contribution is 2.72. The van der Waals surface area contributed by atoms with Gasteiger partial charge in [-0.3, -0.25) is 14.4 Å². The van der Waals surface area contributed by atoms with Gasteiger partial charge in [0.25, 0.3) is 0 Å². The van der Waals surface area contributed by atoms with Crippen molar-refractivity contribution in [2.24, 2.45) is 17.8 Å². The Morgan fingerprint density at radius 1 is 1.14 bits per heavy atom. The highest BCUT2D eigenvalue weighted by Gasteiger charge is 2.78. The zero-order valence-electron chi connectivity index (χ0n) is 27.2. The highest BCUT2D eigenvalue weighted by atomic mass is 32.2. The van der Waals surface area contributed by atoms with E-state index in [9.17, 15) is 19.5 Å². The van der Waals surface area contributed by atoms with E-state index >= 15 is 0 Å². The molecule has 44 heavy (non-hydrogen) atoms. The molecule has 3 fully saturated rings. The lowest BCUT2D eigenvalue weighted by molar-refractivity contribution is -0.147. The van der Waals surface area contributed by atoms with Gasteiger partial charge in [0.1, 0.15) is 11.8 Å². The SMILES string of the molecule is C=CCN(CCCC)C(=O)C1N([C@@H](CO)[C@@H](C)CC)C(=O)[C@@H]2[C@@H](C(=O)N(CC=C)c3ccc(OCC)cc3)[C@@]3(C)CCC12S3. The number of amides is 3. The third-order valence-corrected chi connectivity index (χ3v) is 12.0. The summed E-state index contributed by atoms with van der Waals surface area (Å²) < 4.78 is 4.35. The van der Waals surface area contributed by atoms with Crippen LogP contribution in [-0.2, 0) is 14.4 Å². The number of rotatable bonds is 16. The van der Waals surface area contributed by atoms with Crippen LogP contribution in [0.25, 0.3) is 0 Å². The predicted molar refractivity (Wildman–Crippen MR) is 178 cm³/mol. The van der Waals surface area contributed by atoms with Crippen molar-refractivity contribution >= 4 is 35.2 Å². The number of likely N-dealkylation sites (tertiary alicyclic amines) is 1. The fourth-order valence-corrected chi connectivity index (χ4v) is 10.00. The van der Waals surface area contributed by atoms with Gasteiger partial charge in [0.05, 0.1) is 35.8 Å². The normalized spacial score (nSPS) is 28.4. The minimum atomic E-state index is -0.758. The number of aliphatic hydroxyl groups excluding tert-OH is 1. The second-order valence-corrected chi connectivity index (χ2v) is 14.6. The number of unbranched alkanes of at least 4 members (excludes halogenated alkanes) is 1. The van der Waals surface area contributed by atoms with Gasteiger partial charge in [0.15, 0.2) is 0 Å². The molecule has 2 bridgehead atoms. The minimum absolute atomic E-state index is 0.0222. The van der Waals surface area contributed by atoms with Crippen LogP contribution in [0.15, 0.2) is 49.6 Å². The third-order valence-electron chi connectivity index (χ3n) is 10.0. The van der Waals surface area contributed by atoms with Gasteiger partial charge in [-0.05, 0) is 63.3 Å². The standard InChI is InChI=1S/C35H51N3O5S/c1-8-13-22-36(20-9-2)33(42)30-35-19-18-34(7,44-35)28(29(35)32(41)38(30)27(23-39)24(6)11-4)31(40)37(21-10-3)25-14-16-26(17-15-25)43-12-5/h9-10,14-17,24,27-30,39H,2-3,8,11-13,18-23H2,1,4-7H3/t24-,27-,28-,29-,30?,34+,35?/m0/s1. The number of ether oxygens (including phenoxy) is 1. The smallest absolute Gasteiger partial charge is 0.247 e. The first-order chi connectivity index (χ1) is 21.1. The molecule has 0 radical (unpaired) electrons. The Morgan fingerprint density at radius 2 is 1.82 bits per heavy atom. The topological polar surface area (TPSA) is 90.4 Å². The molecule has 3 saturated heterocycles. The van der Waals surface area contributed by atoms with Crippen molar-refractivity contribution in [3.8, 4) is 5.75 Å². The molecule has 1 N–H and O–H groups in total. The first-order valence-electron chi connectivity index (χ1n) is 16.3. The summed E-state index contributed by atoms with van der Waals surface area (Å²) >= 11 is 1.67. The monoisotopic (exact) mass is 625 g/mol. The number of hydrogen-bond acceptors (Lipinski definition) is 6. The van der Waals surface area contributed by atoms with Crippen molar-refractivity contribution < 1.29 is 24.2 Å². The quantitative estimate of drug-likeness (QED) is 0.251. The fraction of sp³-hybridized carbons (Fsp3) is 0.629. The van der Waals surface area contributed by atoms with Crippen LogP contribution in [0.2, 0.25) is 0 Å². The summed E-state index contributed by atoms with van der Waals surface area (Å²) in [5.74, 6) is -1.01. The lowest BCUT2D eigenvalue weighted by atomic mass is 9.66. The summed E-state index contributed by atoms with van der Waals surface area (Å²) in [5.41, 5.74) is 0.711. The Balaban J connectivity index is 1.81. The van der Waals surface area contributed by atoms with Crippen molar-refractivity contribution in [2.45, 2.75) is 88.3 Å². The maximum atomic E-state index is 14.8. The van der Waals surface area contributed by atoms with E-state index in [0.717, 1.165) is 31.4 Å². The summed E-state index contributed by atoms with van der Waals surface area (Å²) in [6.07, 6.45) is 7.35. The largest absolute Gasteiger partial charge is 0.494 e. The van der Waals surface area contributed by atoms with E-state index in [1.54, 1.807) is 33.7 Å². The third kappa shape index (κ3) is 5.82. The number of benzene rings is 1. The van der Waals surface area contributed by atoms with Gasteiger partial charge >= 0.3 is 0 Å². The van der Waals surface area contributed by atoms with E-state index in [1.165, 1.54) is 0 Å². The summed E-state index contributed by atoms with van der Waals surface area (Å²) in [7, 11) is 0. The molecule has 8 nitrogen and oxygen atoms in total. The highest BCUT2D eigenvalue weighted by molar-refractivity contribution is 8.02. The molecule has 9 heteroatoms. The number of fused-ring (bicyclic) bond motifs is 1. The number of anilines is 1. The van der Waals surface area contributed by atoms with Crippen molar-refractivity contribution in [2.75, 3.05) is 37.7 Å². The minimum Gasteiger partial charge on any atom is -0.494 e. The molecule has 3 aliphatic heterocycles. The molecule has 0 aliphatic carbocycles. The average molecular weight is 626 g/mol. The second kappa shape index (κ2) is 14.1. The molecular weight excluding hydrogens is 574 g/mol. The molecule has 0 aromatic heterocycles. The molecule has 3 heterocycles. The van der Waals surface area contributed by atoms with E-state index in [-0.39, 0.29) is 30.2 Å². The Bertz CT molecular complexity index is 1220. The predicted octanol–water partition coefficient (Wildman–Crippen LogP) is 5.31. The second-order valence-electron chi connectivity index (χ2n) is 12.7. The van der Waals surface area contributed by atoms with Gasteiger partial charge in [-0.2, -0.15) is 0 Å². The van der Waals surface area contributed by atoms with E-state index in [0.29, 0.717) is 38.3 Å². The molecule has 1 spiro atoms. The fourth-order valence-electron chi connectivity index (χ4n) is 7.67. The van der Waals surface area contributed by atoms with Gasteiger partial charge < -0.3 is 24.5 Å². The molecule has 2 unspecified atom stereocenters. The lowest BCUT2D eigenvalue weighted by Gasteiger charge is -2.41. The Hall–Kier alpha value is -2.78. The van der Waals surface area contributed by atoms with Gasteiger partial charge in [-0.15, -0.1) is 24.9 Å². The van der Waals surface area contributed by atoms with Gasteiger partial charge in [0, 0.05) is 30.1 Å². The lowest BCUT2D eigenvalue weighted by Crippen LogP contribution is -2.58. The van der Waals surface area contributed by atoms with Crippen molar-refractivity contribution in [1.82, 2.24) is 9.80 Å². The number of carbonyl (C=O) groups is 3. The first kappa shape index (κ1) is 34.1. The van der Waals surface area contributed by atoms with Gasteiger partial charge in [-0.25, -0.2) is 0 Å². The zero-order valence-corrected chi connectivity index (χ0v) is 28.0. The van der Waals surface area contributed by atoms with Crippen LogP contribution >= 0.6 is 11.8 Å². The van der Waals surface area contributed by atoms with Crippen LogP contribution in [0.5, 0.6) is 5.75 Å². The molecule has 4 rings (SSSR count). The van der Waals surface area contributed by atoms with E-state index < -0.39 is 33.4 Å². The number of hydrogen-bond donors (Lipinski definition) is 1. The van der Waals surface area contributed by atoms with Crippen molar-refractivity contribution in [3.63, 3.8) is 0 Å². The molecule has 3 amide bonds. The van der Waals surface area contributed by atoms with Gasteiger partial charge in [-0.1, -0.05) is 45.8 Å². The number of carbonyl (C=O) groups excluding carboxylic acids is 3. The average Bonchev–Trinajstić information content (AvgIpc) is 3.59. The number of aliphatic hydroxyl groups is 1. The van der Waals surface area contributed by atoms with Crippen molar-refractivity contribution in [3.05, 3.63) is 49.6 Å². The maximum Gasteiger partial charge on any atom is 0.247 e. The molecule has 242 valence electrons. The van der Waals surface area contributed by atoms with Crippen LogP contribution in [0.4, 0.5) is 5.69 Å². The zero-order chi connectivity index (χ0) is 32.2. The summed E-state index contributed by atoms with van der Waals surface area (Å²) in [5, 5.41) is 10.7. The van der Waals surface area contributed by atoms with Crippen LogP contribution in [0, 0.1) is 17.8 Å². The van der Waals surface area contributed by atoms with Crippen LogP contribution in [0.3, 0.4) is 0 Å². The summed E-state index contributed by atoms with van der Waals surface area (Å²) in [4.78, 5) is 49.4. The molecular formula is C35H51N3O5S. The van der Waals surface area contributed by atoms with Crippen molar-refractivity contribution in [1.29, 1.82) is 0 Å². The van der Waals surface area contributed by atoms with Crippen LogP contribution < -0.4 is 9.64 Å². The molecule has 1 aromatic rings. The van der Waals surface area contributed by atoms with Gasteiger partial charge in [0.2, 0.25) is 17.7 Å². The van der Waals surface area contributed by atoms with E-state index in [4.69, 9.17) is 4.74 Å². The van der Waals surface area contributed by atoms with Crippen LogP contribution in [0.1, 0.15) is 66.7 Å². The summed E-state index contributed by atoms with van der Waals surface area (Å²) in [6.45, 7) is 19.5.